The molecule has 0 aliphatic heterocycles. The van der Waals surface area contributed by atoms with Crippen molar-refractivity contribution < 1.29 is 28.6 Å². The van der Waals surface area contributed by atoms with Crippen LogP contribution < -0.4 is 30.2 Å². The molecule has 9 heteroatoms. The average molecular weight is 381 g/mol. The second kappa shape index (κ2) is 12.4. The van der Waals surface area contributed by atoms with E-state index in [4.69, 9.17) is 14.2 Å². The molecule has 27 heavy (non-hydrogen) atoms. The van der Waals surface area contributed by atoms with E-state index < -0.39 is 0 Å². The maximum Gasteiger partial charge on any atom is 0.216 e. The number of hydrogen-bond donors (Lipinski definition) is 3. The molecule has 0 aliphatic carbocycles. The number of benzene rings is 1. The highest BCUT2D eigenvalue weighted by Gasteiger charge is 2.06. The van der Waals surface area contributed by atoms with Gasteiger partial charge >= 0.3 is 0 Å². The average Bonchev–Trinajstić information content (AvgIpc) is 2.59. The number of ether oxygens (including phenoxy) is 3. The van der Waals surface area contributed by atoms with Crippen LogP contribution in [0.25, 0.3) is 0 Å². The van der Waals surface area contributed by atoms with E-state index in [1.807, 2.05) is 0 Å². The quantitative estimate of drug-likeness (QED) is 0.447. The Morgan fingerprint density at radius 3 is 1.11 bits per heavy atom. The number of carbonyl (C=O) groups is 3. The predicted molar refractivity (Wildman–Crippen MR) is 99.0 cm³/mol. The topological polar surface area (TPSA) is 115 Å². The van der Waals surface area contributed by atoms with Gasteiger partial charge in [-0.15, -0.1) is 0 Å². The first-order valence-corrected chi connectivity index (χ1v) is 8.63. The van der Waals surface area contributed by atoms with E-state index in [1.165, 1.54) is 20.8 Å². The second-order valence-corrected chi connectivity index (χ2v) is 5.63. The lowest BCUT2D eigenvalue weighted by molar-refractivity contribution is -0.119. The molecule has 0 spiro atoms. The zero-order chi connectivity index (χ0) is 20.1. The summed E-state index contributed by atoms with van der Waals surface area (Å²) in [4.78, 5) is 32.7. The molecule has 0 aromatic heterocycles. The van der Waals surface area contributed by atoms with Gasteiger partial charge in [-0.25, -0.2) is 0 Å². The van der Waals surface area contributed by atoms with E-state index in [2.05, 4.69) is 16.0 Å². The minimum Gasteiger partial charge on any atom is -0.491 e. The van der Waals surface area contributed by atoms with Crippen molar-refractivity contribution in [1.82, 2.24) is 16.0 Å². The van der Waals surface area contributed by atoms with E-state index in [0.717, 1.165) is 0 Å². The van der Waals surface area contributed by atoms with Gasteiger partial charge in [-0.05, 0) is 0 Å². The van der Waals surface area contributed by atoms with Gasteiger partial charge in [0, 0.05) is 39.0 Å². The minimum absolute atomic E-state index is 0.129. The fraction of sp³-hybridized carbons (Fsp3) is 0.500. The van der Waals surface area contributed by atoms with Crippen molar-refractivity contribution >= 4 is 17.7 Å². The van der Waals surface area contributed by atoms with Crippen LogP contribution in [-0.2, 0) is 14.4 Å². The summed E-state index contributed by atoms with van der Waals surface area (Å²) in [6, 6.07) is 5.09. The molecule has 0 atom stereocenters. The molecule has 0 fully saturated rings. The Balaban J connectivity index is 2.63. The highest BCUT2D eigenvalue weighted by Crippen LogP contribution is 2.27. The number of carbonyl (C=O) groups excluding carboxylic acids is 3. The molecule has 9 nitrogen and oxygen atoms in total. The lowest BCUT2D eigenvalue weighted by Gasteiger charge is -2.13. The Labute approximate surface area is 158 Å². The van der Waals surface area contributed by atoms with E-state index in [-0.39, 0.29) is 17.7 Å². The molecular weight excluding hydrogens is 354 g/mol. The first-order valence-electron chi connectivity index (χ1n) is 8.63. The molecule has 150 valence electrons. The fourth-order valence-electron chi connectivity index (χ4n) is 1.98. The highest BCUT2D eigenvalue weighted by molar-refractivity contribution is 5.73. The molecule has 1 rings (SSSR count). The number of hydrogen-bond acceptors (Lipinski definition) is 6. The van der Waals surface area contributed by atoms with Crippen LogP contribution in [0.15, 0.2) is 18.2 Å². The van der Waals surface area contributed by atoms with Gasteiger partial charge in [0.2, 0.25) is 17.7 Å². The van der Waals surface area contributed by atoms with Crippen LogP contribution >= 0.6 is 0 Å². The van der Waals surface area contributed by atoms with Gasteiger partial charge in [-0.3, -0.25) is 14.4 Å². The van der Waals surface area contributed by atoms with Crippen LogP contribution in [-0.4, -0.2) is 57.2 Å². The standard InChI is InChI=1S/C18H27N3O6/c1-13(22)19-4-7-25-16-10-17(26-8-5-20-14(2)23)12-18(11-16)27-9-6-21-15(3)24/h10-12H,4-9H2,1-3H3,(H,19,22)(H,20,23)(H,21,24). The van der Waals surface area contributed by atoms with Crippen molar-refractivity contribution in [3.05, 3.63) is 18.2 Å². The molecule has 3 N–H and O–H groups in total. The SMILES string of the molecule is CC(=O)NCCOc1cc(OCCNC(C)=O)cc(OCCNC(C)=O)c1. The second-order valence-electron chi connectivity index (χ2n) is 5.63. The highest BCUT2D eigenvalue weighted by atomic mass is 16.5. The monoisotopic (exact) mass is 381 g/mol. The Morgan fingerprint density at radius 1 is 0.630 bits per heavy atom. The van der Waals surface area contributed by atoms with E-state index in [1.54, 1.807) is 18.2 Å². The molecule has 3 amide bonds. The van der Waals surface area contributed by atoms with E-state index in [9.17, 15) is 14.4 Å². The van der Waals surface area contributed by atoms with Gasteiger partial charge in [0.1, 0.15) is 37.1 Å². The summed E-state index contributed by atoms with van der Waals surface area (Å²) in [6.45, 7) is 6.31. The van der Waals surface area contributed by atoms with Crippen molar-refractivity contribution in [1.29, 1.82) is 0 Å². The summed E-state index contributed by atoms with van der Waals surface area (Å²) in [6.07, 6.45) is 0. The van der Waals surface area contributed by atoms with Crippen molar-refractivity contribution in [2.45, 2.75) is 20.8 Å². The van der Waals surface area contributed by atoms with Gasteiger partial charge < -0.3 is 30.2 Å². The van der Waals surface area contributed by atoms with Crippen LogP contribution in [0.5, 0.6) is 17.2 Å². The van der Waals surface area contributed by atoms with E-state index in [0.29, 0.717) is 56.7 Å². The summed E-state index contributed by atoms with van der Waals surface area (Å²) < 4.78 is 16.8. The lowest BCUT2D eigenvalue weighted by Crippen LogP contribution is -2.26. The van der Waals surface area contributed by atoms with Crippen LogP contribution in [0.1, 0.15) is 20.8 Å². The fourth-order valence-corrected chi connectivity index (χ4v) is 1.98. The van der Waals surface area contributed by atoms with Crippen LogP contribution in [0, 0.1) is 0 Å². The molecule has 0 radical (unpaired) electrons. The first kappa shape index (κ1) is 22.1. The zero-order valence-electron chi connectivity index (χ0n) is 15.9. The molecule has 0 aliphatic rings. The Kier molecular flexibility index (Phi) is 10.1. The van der Waals surface area contributed by atoms with Crippen LogP contribution in [0.2, 0.25) is 0 Å². The maximum absolute atomic E-state index is 10.9. The Bertz CT molecular complexity index is 537. The Morgan fingerprint density at radius 2 is 0.889 bits per heavy atom. The molecule has 1 aromatic rings. The lowest BCUT2D eigenvalue weighted by atomic mass is 10.3. The summed E-state index contributed by atoms with van der Waals surface area (Å²) in [5.74, 6) is 1.17. The summed E-state index contributed by atoms with van der Waals surface area (Å²) in [7, 11) is 0. The molecule has 1 aromatic carbocycles. The molecule has 0 saturated heterocycles. The molecule has 0 unspecified atom stereocenters. The summed E-state index contributed by atoms with van der Waals surface area (Å²) in [5, 5.41) is 7.93. The van der Waals surface area contributed by atoms with Crippen LogP contribution in [0.3, 0.4) is 0 Å². The summed E-state index contributed by atoms with van der Waals surface area (Å²) in [5.41, 5.74) is 0. The third-order valence-electron chi connectivity index (χ3n) is 3.09. The van der Waals surface area contributed by atoms with Gasteiger partial charge in [0.25, 0.3) is 0 Å². The zero-order valence-corrected chi connectivity index (χ0v) is 15.9. The maximum atomic E-state index is 10.9. The molecular formula is C18H27N3O6. The van der Waals surface area contributed by atoms with Gasteiger partial charge in [-0.1, -0.05) is 0 Å². The first-order chi connectivity index (χ1) is 12.9. The molecule has 0 saturated carbocycles. The predicted octanol–water partition coefficient (Wildman–Crippen LogP) is 0.231. The Hall–Kier alpha value is -2.97. The third-order valence-corrected chi connectivity index (χ3v) is 3.09. The smallest absolute Gasteiger partial charge is 0.216 e. The van der Waals surface area contributed by atoms with Crippen molar-refractivity contribution in [3.63, 3.8) is 0 Å². The van der Waals surface area contributed by atoms with Crippen LogP contribution in [0.4, 0.5) is 0 Å². The minimum atomic E-state index is -0.129. The third kappa shape index (κ3) is 11.3. The largest absolute Gasteiger partial charge is 0.491 e. The van der Waals surface area contributed by atoms with Crippen molar-refractivity contribution in [3.8, 4) is 17.2 Å². The molecule has 0 bridgehead atoms. The summed E-state index contributed by atoms with van der Waals surface area (Å²) >= 11 is 0. The van der Waals surface area contributed by atoms with Gasteiger partial charge in [-0.2, -0.15) is 0 Å². The number of rotatable bonds is 12. The van der Waals surface area contributed by atoms with Crippen molar-refractivity contribution in [2.75, 3.05) is 39.5 Å². The van der Waals surface area contributed by atoms with Gasteiger partial charge in [0.05, 0.1) is 19.6 Å². The van der Waals surface area contributed by atoms with Crippen molar-refractivity contribution in [2.24, 2.45) is 0 Å². The molecule has 0 heterocycles. The normalized spacial score (nSPS) is 9.89. The van der Waals surface area contributed by atoms with Gasteiger partial charge in [0.15, 0.2) is 0 Å². The number of amides is 3. The van der Waals surface area contributed by atoms with E-state index >= 15 is 0 Å². The number of nitrogens with one attached hydrogen (secondary N) is 3.